The van der Waals surface area contributed by atoms with Crippen molar-refractivity contribution in [3.05, 3.63) is 18.2 Å². The van der Waals surface area contributed by atoms with Crippen LogP contribution in [0.25, 0.3) is 0 Å². The van der Waals surface area contributed by atoms with Gasteiger partial charge in [-0.25, -0.2) is 0 Å². The van der Waals surface area contributed by atoms with Crippen molar-refractivity contribution in [2.45, 2.75) is 18.2 Å². The Kier molecular flexibility index (Phi) is 3.72. The number of carbonyl (C=O) groups is 1. The van der Waals surface area contributed by atoms with Crippen LogP contribution in [0.2, 0.25) is 0 Å². The lowest BCUT2D eigenvalue weighted by atomic mass is 10.3. The van der Waals surface area contributed by atoms with E-state index in [1.807, 2.05) is 18.2 Å². The standard InChI is InChI=1S/C12H14O3S/c1-9(13)4-7-16-10-2-3-11-12(8-10)15-6-5-14-11/h2-3,8H,4-7H2,1H3. The maximum absolute atomic E-state index is 10.8. The summed E-state index contributed by atoms with van der Waals surface area (Å²) in [5.74, 6) is 2.65. The molecule has 0 saturated heterocycles. The summed E-state index contributed by atoms with van der Waals surface area (Å²) < 4.78 is 10.9. The predicted molar refractivity (Wildman–Crippen MR) is 63.5 cm³/mol. The molecule has 1 aromatic carbocycles. The van der Waals surface area contributed by atoms with Crippen LogP contribution in [0.5, 0.6) is 11.5 Å². The highest BCUT2D eigenvalue weighted by Crippen LogP contribution is 2.34. The first-order valence-corrected chi connectivity index (χ1v) is 6.26. The van der Waals surface area contributed by atoms with Gasteiger partial charge in [-0.05, 0) is 25.1 Å². The number of carbonyl (C=O) groups excluding carboxylic acids is 1. The number of ketones is 1. The van der Waals surface area contributed by atoms with Gasteiger partial charge in [0.05, 0.1) is 0 Å². The zero-order valence-electron chi connectivity index (χ0n) is 9.19. The molecular weight excluding hydrogens is 224 g/mol. The van der Waals surface area contributed by atoms with Crippen LogP contribution >= 0.6 is 11.8 Å². The molecule has 0 amide bonds. The second kappa shape index (κ2) is 5.25. The summed E-state index contributed by atoms with van der Waals surface area (Å²) in [6.07, 6.45) is 0.610. The first-order chi connectivity index (χ1) is 7.75. The van der Waals surface area contributed by atoms with Crippen LogP contribution in [-0.2, 0) is 4.79 Å². The van der Waals surface area contributed by atoms with Gasteiger partial charge in [0, 0.05) is 17.1 Å². The molecule has 1 aromatic rings. The summed E-state index contributed by atoms with van der Waals surface area (Å²) in [6.45, 7) is 2.84. The first-order valence-electron chi connectivity index (χ1n) is 5.27. The molecule has 0 fully saturated rings. The number of benzene rings is 1. The SMILES string of the molecule is CC(=O)CCSc1ccc2c(c1)OCCO2. The minimum Gasteiger partial charge on any atom is -0.486 e. The molecule has 0 N–H and O–H groups in total. The summed E-state index contributed by atoms with van der Waals surface area (Å²) in [5.41, 5.74) is 0. The highest BCUT2D eigenvalue weighted by atomic mass is 32.2. The molecule has 1 heterocycles. The molecule has 16 heavy (non-hydrogen) atoms. The third kappa shape index (κ3) is 2.92. The summed E-state index contributed by atoms with van der Waals surface area (Å²) >= 11 is 1.67. The van der Waals surface area contributed by atoms with Crippen molar-refractivity contribution >= 4 is 17.5 Å². The summed E-state index contributed by atoms with van der Waals surface area (Å²) in [7, 11) is 0. The fourth-order valence-electron chi connectivity index (χ4n) is 1.43. The van der Waals surface area contributed by atoms with Crippen molar-refractivity contribution < 1.29 is 14.3 Å². The van der Waals surface area contributed by atoms with Crippen LogP contribution < -0.4 is 9.47 Å². The van der Waals surface area contributed by atoms with Crippen LogP contribution in [0.3, 0.4) is 0 Å². The fraction of sp³-hybridized carbons (Fsp3) is 0.417. The molecule has 2 rings (SSSR count). The van der Waals surface area contributed by atoms with E-state index in [2.05, 4.69) is 0 Å². The van der Waals surface area contributed by atoms with Gasteiger partial charge in [0.25, 0.3) is 0 Å². The summed E-state index contributed by atoms with van der Waals surface area (Å²) in [5, 5.41) is 0. The molecular formula is C12H14O3S. The van der Waals surface area contributed by atoms with Crippen LogP contribution in [0.15, 0.2) is 23.1 Å². The van der Waals surface area contributed by atoms with Gasteiger partial charge in [-0.15, -0.1) is 11.8 Å². The van der Waals surface area contributed by atoms with Crippen molar-refractivity contribution in [2.24, 2.45) is 0 Å². The zero-order valence-corrected chi connectivity index (χ0v) is 10.0. The summed E-state index contributed by atoms with van der Waals surface area (Å²) in [6, 6.07) is 5.89. The summed E-state index contributed by atoms with van der Waals surface area (Å²) in [4.78, 5) is 11.9. The van der Waals surface area contributed by atoms with E-state index < -0.39 is 0 Å². The maximum Gasteiger partial charge on any atom is 0.162 e. The van der Waals surface area contributed by atoms with Crippen molar-refractivity contribution in [2.75, 3.05) is 19.0 Å². The molecule has 1 aliphatic rings. The highest BCUT2D eigenvalue weighted by Gasteiger charge is 2.11. The molecule has 86 valence electrons. The van der Waals surface area contributed by atoms with Gasteiger partial charge in [0.1, 0.15) is 19.0 Å². The Hall–Kier alpha value is -1.16. The molecule has 0 aliphatic carbocycles. The molecule has 0 unspecified atom stereocenters. The number of hydrogen-bond acceptors (Lipinski definition) is 4. The Labute approximate surface area is 99.1 Å². The van der Waals surface area contributed by atoms with E-state index in [0.717, 1.165) is 22.1 Å². The van der Waals surface area contributed by atoms with E-state index in [-0.39, 0.29) is 5.78 Å². The maximum atomic E-state index is 10.8. The van der Waals surface area contributed by atoms with Crippen LogP contribution in [0.1, 0.15) is 13.3 Å². The lowest BCUT2D eigenvalue weighted by molar-refractivity contribution is -0.116. The minimum atomic E-state index is 0.227. The average molecular weight is 238 g/mol. The van der Waals surface area contributed by atoms with Gasteiger partial charge in [0.2, 0.25) is 0 Å². The molecule has 0 aromatic heterocycles. The van der Waals surface area contributed by atoms with Gasteiger partial charge in [-0.1, -0.05) is 0 Å². The van der Waals surface area contributed by atoms with E-state index in [0.29, 0.717) is 19.6 Å². The number of Topliss-reactive ketones (excluding diaryl/α,β-unsaturated/α-hetero) is 1. The number of ether oxygens (including phenoxy) is 2. The van der Waals surface area contributed by atoms with Crippen molar-refractivity contribution in [1.82, 2.24) is 0 Å². The Balaban J connectivity index is 1.97. The molecule has 3 nitrogen and oxygen atoms in total. The third-order valence-electron chi connectivity index (χ3n) is 2.24. The van der Waals surface area contributed by atoms with E-state index in [4.69, 9.17) is 9.47 Å². The number of rotatable bonds is 4. The number of thioether (sulfide) groups is 1. The Bertz CT molecular complexity index is 390. The average Bonchev–Trinajstić information content (AvgIpc) is 2.28. The Morgan fingerprint density at radius 3 is 2.81 bits per heavy atom. The molecule has 0 spiro atoms. The quantitative estimate of drug-likeness (QED) is 0.755. The highest BCUT2D eigenvalue weighted by molar-refractivity contribution is 7.99. The predicted octanol–water partition coefficient (Wildman–Crippen LogP) is 2.53. The van der Waals surface area contributed by atoms with E-state index in [1.54, 1.807) is 18.7 Å². The largest absolute Gasteiger partial charge is 0.486 e. The molecule has 0 saturated carbocycles. The number of fused-ring (bicyclic) bond motifs is 1. The van der Waals surface area contributed by atoms with Gasteiger partial charge >= 0.3 is 0 Å². The minimum absolute atomic E-state index is 0.227. The van der Waals surface area contributed by atoms with E-state index in [9.17, 15) is 4.79 Å². The van der Waals surface area contributed by atoms with E-state index >= 15 is 0 Å². The lowest BCUT2D eigenvalue weighted by Gasteiger charge is -2.18. The van der Waals surface area contributed by atoms with Crippen molar-refractivity contribution in [3.63, 3.8) is 0 Å². The Morgan fingerprint density at radius 1 is 1.31 bits per heavy atom. The normalized spacial score (nSPS) is 13.6. The molecule has 0 radical (unpaired) electrons. The van der Waals surface area contributed by atoms with Gasteiger partial charge < -0.3 is 9.47 Å². The first kappa shape index (κ1) is 11.3. The van der Waals surface area contributed by atoms with E-state index in [1.165, 1.54) is 0 Å². The fourth-order valence-corrected chi connectivity index (χ4v) is 2.41. The van der Waals surface area contributed by atoms with Crippen LogP contribution in [-0.4, -0.2) is 24.7 Å². The second-order valence-corrected chi connectivity index (χ2v) is 4.77. The molecule has 4 heteroatoms. The molecule has 0 atom stereocenters. The molecule has 1 aliphatic heterocycles. The van der Waals surface area contributed by atoms with Crippen molar-refractivity contribution in [1.29, 1.82) is 0 Å². The molecule has 0 bridgehead atoms. The van der Waals surface area contributed by atoms with Gasteiger partial charge in [0.15, 0.2) is 11.5 Å². The lowest BCUT2D eigenvalue weighted by Crippen LogP contribution is -2.15. The van der Waals surface area contributed by atoms with Crippen molar-refractivity contribution in [3.8, 4) is 11.5 Å². The second-order valence-electron chi connectivity index (χ2n) is 3.61. The van der Waals surface area contributed by atoms with Crippen LogP contribution in [0, 0.1) is 0 Å². The van der Waals surface area contributed by atoms with Crippen LogP contribution in [0.4, 0.5) is 0 Å². The van der Waals surface area contributed by atoms with Gasteiger partial charge in [-0.2, -0.15) is 0 Å². The Morgan fingerprint density at radius 2 is 2.06 bits per heavy atom. The number of hydrogen-bond donors (Lipinski definition) is 0. The topological polar surface area (TPSA) is 35.5 Å². The monoisotopic (exact) mass is 238 g/mol. The third-order valence-corrected chi connectivity index (χ3v) is 3.23. The smallest absolute Gasteiger partial charge is 0.162 e. The van der Waals surface area contributed by atoms with Gasteiger partial charge in [-0.3, -0.25) is 4.79 Å². The zero-order chi connectivity index (χ0) is 11.4.